The first-order valence-electron chi connectivity index (χ1n) is 11.2. The Balaban J connectivity index is 1.64. The monoisotopic (exact) mass is 569 g/mol. The predicted octanol–water partition coefficient (Wildman–Crippen LogP) is 5.29. The third-order valence-corrected chi connectivity index (χ3v) is 8.08. The van der Waals surface area contributed by atoms with Crippen LogP contribution in [-0.4, -0.2) is 40.4 Å². The molecule has 2 N–H and O–H groups in total. The van der Waals surface area contributed by atoms with Crippen molar-refractivity contribution >= 4 is 33.0 Å². The number of halogens is 3. The Morgan fingerprint density at radius 3 is 2.46 bits per heavy atom. The van der Waals surface area contributed by atoms with Crippen molar-refractivity contribution < 1.29 is 21.6 Å². The van der Waals surface area contributed by atoms with Crippen molar-refractivity contribution in [3.8, 4) is 32.4 Å². The van der Waals surface area contributed by atoms with Crippen LogP contribution in [0.5, 0.6) is 0 Å². The Morgan fingerprint density at radius 2 is 1.72 bits per heavy atom. The number of hydrogen-bond acceptors (Lipinski definition) is 9. The van der Waals surface area contributed by atoms with Gasteiger partial charge in [-0.05, 0) is 36.8 Å². The predicted molar refractivity (Wildman–Crippen MR) is 141 cm³/mol. The number of aryl methyl sites for hydroxylation is 1. The molecule has 0 bridgehead atoms. The van der Waals surface area contributed by atoms with Gasteiger partial charge in [0.2, 0.25) is 5.95 Å². The number of hydrogen-bond donors (Lipinski definition) is 2. The summed E-state index contributed by atoms with van der Waals surface area (Å²) in [4.78, 5) is 20.4. The van der Waals surface area contributed by atoms with Crippen LogP contribution in [0.3, 0.4) is 0 Å². The van der Waals surface area contributed by atoms with Crippen LogP contribution in [0.1, 0.15) is 5.56 Å². The molecule has 0 aliphatic rings. The summed E-state index contributed by atoms with van der Waals surface area (Å²) in [5, 5.41) is 3.30. The summed E-state index contributed by atoms with van der Waals surface area (Å²) >= 11 is 1.20. The summed E-state index contributed by atoms with van der Waals surface area (Å²) in [5.74, 6) is -3.25. The Kier molecular flexibility index (Phi) is 6.97. The van der Waals surface area contributed by atoms with Crippen LogP contribution in [0.2, 0.25) is 0 Å². The maximum atomic E-state index is 15.9. The zero-order valence-corrected chi connectivity index (χ0v) is 21.9. The molecule has 198 valence electrons. The summed E-state index contributed by atoms with van der Waals surface area (Å²) in [7, 11) is -3.18. The third kappa shape index (κ3) is 5.03. The molecule has 0 aliphatic heterocycles. The van der Waals surface area contributed by atoms with Crippen molar-refractivity contribution in [2.45, 2.75) is 11.8 Å². The number of sulfonamides is 1. The average molecular weight is 570 g/mol. The molecule has 3 heterocycles. The molecule has 14 heteroatoms. The number of benzene rings is 2. The largest absolute Gasteiger partial charge is 0.357 e. The summed E-state index contributed by atoms with van der Waals surface area (Å²) in [6.45, 7) is 1.29. The lowest BCUT2D eigenvalue weighted by Crippen LogP contribution is -2.18. The molecule has 0 saturated carbocycles. The van der Waals surface area contributed by atoms with Gasteiger partial charge in [0.1, 0.15) is 23.0 Å². The second kappa shape index (κ2) is 10.4. The normalized spacial score (nSPS) is 11.4. The van der Waals surface area contributed by atoms with E-state index in [0.29, 0.717) is 27.1 Å². The van der Waals surface area contributed by atoms with Crippen LogP contribution in [0.25, 0.3) is 32.4 Å². The van der Waals surface area contributed by atoms with Crippen LogP contribution >= 0.6 is 11.3 Å². The lowest BCUT2D eigenvalue weighted by atomic mass is 10.1. The molecule has 0 unspecified atom stereocenters. The molecule has 0 aliphatic carbocycles. The van der Waals surface area contributed by atoms with E-state index in [0.717, 1.165) is 18.2 Å². The second-order valence-electron chi connectivity index (χ2n) is 8.12. The topological polar surface area (TPSA) is 123 Å². The first-order valence-corrected chi connectivity index (χ1v) is 13.5. The van der Waals surface area contributed by atoms with Gasteiger partial charge in [-0.2, -0.15) is 0 Å². The summed E-state index contributed by atoms with van der Waals surface area (Å²) in [6, 6.07) is 7.51. The molecule has 0 atom stereocenters. The van der Waals surface area contributed by atoms with E-state index in [1.807, 2.05) is 4.72 Å². The van der Waals surface area contributed by atoms with E-state index in [4.69, 9.17) is 0 Å². The van der Waals surface area contributed by atoms with Gasteiger partial charge < -0.3 is 5.32 Å². The van der Waals surface area contributed by atoms with E-state index < -0.39 is 38.1 Å². The van der Waals surface area contributed by atoms with Crippen LogP contribution in [0.15, 0.2) is 66.2 Å². The van der Waals surface area contributed by atoms with Crippen molar-refractivity contribution in [3.05, 3.63) is 84.3 Å². The van der Waals surface area contributed by atoms with Crippen molar-refractivity contribution in [3.63, 3.8) is 0 Å². The number of thiazole rings is 1. The number of anilines is 2. The van der Waals surface area contributed by atoms with Gasteiger partial charge in [-0.15, -0.1) is 11.3 Å². The highest BCUT2D eigenvalue weighted by Crippen LogP contribution is 2.41. The zero-order chi connectivity index (χ0) is 27.7. The molecule has 5 aromatic rings. The fraction of sp³-hybridized carbons (Fsp3) is 0.0800. The van der Waals surface area contributed by atoms with Gasteiger partial charge >= 0.3 is 0 Å². The van der Waals surface area contributed by atoms with Crippen LogP contribution in [0.4, 0.5) is 24.8 Å². The molecular weight excluding hydrogens is 551 g/mol. The average Bonchev–Trinajstić information content (AvgIpc) is 3.38. The first kappa shape index (κ1) is 26.2. The Hall–Kier alpha value is -4.43. The fourth-order valence-electron chi connectivity index (χ4n) is 3.68. The zero-order valence-electron chi connectivity index (χ0n) is 20.3. The molecule has 0 saturated heterocycles. The van der Waals surface area contributed by atoms with Gasteiger partial charge in [-0.3, -0.25) is 4.72 Å². The van der Waals surface area contributed by atoms with Gasteiger partial charge in [0, 0.05) is 36.8 Å². The molecule has 9 nitrogen and oxygen atoms in total. The Morgan fingerprint density at radius 1 is 0.949 bits per heavy atom. The maximum Gasteiger partial charge on any atom is 0.267 e. The summed E-state index contributed by atoms with van der Waals surface area (Å²) < 4.78 is 72.7. The smallest absolute Gasteiger partial charge is 0.267 e. The van der Waals surface area contributed by atoms with Crippen LogP contribution < -0.4 is 10.0 Å². The van der Waals surface area contributed by atoms with E-state index in [1.54, 1.807) is 25.5 Å². The molecule has 0 fully saturated rings. The highest BCUT2D eigenvalue weighted by atomic mass is 32.2. The quantitative estimate of drug-likeness (QED) is 0.271. The van der Waals surface area contributed by atoms with E-state index in [-0.39, 0.29) is 16.8 Å². The maximum absolute atomic E-state index is 15.9. The highest BCUT2D eigenvalue weighted by Gasteiger charge is 2.28. The van der Waals surface area contributed by atoms with E-state index in [1.165, 1.54) is 42.9 Å². The molecular formula is C25H18F3N7O2S2. The van der Waals surface area contributed by atoms with Crippen LogP contribution in [-0.2, 0) is 10.0 Å². The van der Waals surface area contributed by atoms with Crippen LogP contribution in [0, 0.1) is 24.4 Å². The SMILES string of the molecule is CNc1nccc(-c2sc(-c3cncnc3)nc2-c2cccc(NS(=O)(=O)c3c(F)ccc(C)c3F)c2F)n1. The van der Waals surface area contributed by atoms with Gasteiger partial charge in [0.15, 0.2) is 10.7 Å². The lowest BCUT2D eigenvalue weighted by Gasteiger charge is -2.13. The minimum atomic E-state index is -4.83. The van der Waals surface area contributed by atoms with E-state index >= 15 is 4.39 Å². The number of rotatable bonds is 7. The molecule has 2 aromatic carbocycles. The summed E-state index contributed by atoms with van der Waals surface area (Å²) in [5.41, 5.74) is 0.487. The minimum Gasteiger partial charge on any atom is -0.357 e. The molecule has 3 aromatic heterocycles. The number of aromatic nitrogens is 5. The van der Waals surface area contributed by atoms with Crippen molar-refractivity contribution in [1.29, 1.82) is 0 Å². The van der Waals surface area contributed by atoms with Crippen molar-refractivity contribution in [1.82, 2.24) is 24.9 Å². The fourth-order valence-corrected chi connectivity index (χ4v) is 5.98. The summed E-state index contributed by atoms with van der Waals surface area (Å²) in [6.07, 6.45) is 5.97. The highest BCUT2D eigenvalue weighted by molar-refractivity contribution is 7.92. The first-order chi connectivity index (χ1) is 18.7. The number of nitrogens with one attached hydrogen (secondary N) is 2. The van der Waals surface area contributed by atoms with Crippen molar-refractivity contribution in [2.75, 3.05) is 17.1 Å². The molecule has 0 spiro atoms. The van der Waals surface area contributed by atoms with E-state index in [9.17, 15) is 17.2 Å². The molecule has 39 heavy (non-hydrogen) atoms. The molecule has 0 amide bonds. The lowest BCUT2D eigenvalue weighted by molar-refractivity contribution is 0.516. The Labute approximate surface area is 224 Å². The van der Waals surface area contributed by atoms with Crippen molar-refractivity contribution in [2.24, 2.45) is 0 Å². The standard InChI is InChI=1S/C25H18F3N7O2S2/c1-13-6-7-16(26)23(19(13)27)39(36,37)35-17-5-3-4-15(20(17)28)21-22(18-8-9-32-25(29-2)33-18)38-24(34-21)14-10-30-12-31-11-14/h3-12,35H,1-2H3,(H,29,32,33). The van der Waals surface area contributed by atoms with Gasteiger partial charge in [-0.25, -0.2) is 46.5 Å². The van der Waals surface area contributed by atoms with Gasteiger partial charge in [-0.1, -0.05) is 12.1 Å². The second-order valence-corrected chi connectivity index (χ2v) is 10.7. The van der Waals surface area contributed by atoms with E-state index in [2.05, 4.69) is 30.2 Å². The molecule has 0 radical (unpaired) electrons. The third-order valence-electron chi connectivity index (χ3n) is 5.56. The van der Waals surface area contributed by atoms with Gasteiger partial charge in [0.05, 0.1) is 22.0 Å². The molecule has 5 rings (SSSR count). The van der Waals surface area contributed by atoms with Gasteiger partial charge in [0.25, 0.3) is 10.0 Å². The minimum absolute atomic E-state index is 0.0700. The number of nitrogens with zero attached hydrogens (tertiary/aromatic N) is 5. The Bertz CT molecular complexity index is 1800.